The molecule has 1 atom stereocenters. The van der Waals surface area contributed by atoms with Crippen LogP contribution in [0.2, 0.25) is 5.02 Å². The maximum absolute atomic E-state index is 14.1. The molecule has 0 unspecified atom stereocenters. The van der Waals surface area contributed by atoms with Gasteiger partial charge in [0.1, 0.15) is 24.2 Å². The Kier molecular flexibility index (Phi) is 10.5. The third-order valence-electron chi connectivity index (χ3n) is 7.41. The summed E-state index contributed by atoms with van der Waals surface area (Å²) in [6.45, 7) is 1.00. The highest BCUT2D eigenvalue weighted by atomic mass is 35.5. The molecule has 0 aromatic heterocycles. The number of hydrogen-bond acceptors (Lipinski definition) is 5. The Morgan fingerprint density at radius 2 is 1.74 bits per heavy atom. The van der Waals surface area contributed by atoms with Crippen molar-refractivity contribution in [3.8, 4) is 5.75 Å². The molecule has 42 heavy (non-hydrogen) atoms. The van der Waals surface area contributed by atoms with Crippen molar-refractivity contribution < 1.29 is 27.1 Å². The summed E-state index contributed by atoms with van der Waals surface area (Å²) in [7, 11) is -2.75. The van der Waals surface area contributed by atoms with E-state index >= 15 is 0 Å². The number of ether oxygens (including phenoxy) is 1. The summed E-state index contributed by atoms with van der Waals surface area (Å²) in [5.74, 6) is -1.09. The van der Waals surface area contributed by atoms with Crippen LogP contribution in [0, 0.1) is 5.82 Å². The van der Waals surface area contributed by atoms with E-state index in [1.807, 2.05) is 0 Å². The molecule has 3 aromatic carbocycles. The molecular formula is C31H35ClFN3O5S. The van der Waals surface area contributed by atoms with E-state index in [2.05, 4.69) is 5.32 Å². The first-order valence-corrected chi connectivity index (χ1v) is 15.7. The lowest BCUT2D eigenvalue weighted by Gasteiger charge is -2.33. The average Bonchev–Trinajstić information content (AvgIpc) is 3.00. The molecule has 2 amide bonds. The maximum Gasteiger partial charge on any atom is 0.264 e. The fourth-order valence-corrected chi connectivity index (χ4v) is 6.61. The Labute approximate surface area is 251 Å². The first-order chi connectivity index (χ1) is 20.1. The number of nitrogens with one attached hydrogen (secondary N) is 1. The smallest absolute Gasteiger partial charge is 0.264 e. The van der Waals surface area contributed by atoms with Crippen LogP contribution in [0.15, 0.2) is 77.7 Å². The number of hydrogen-bond donors (Lipinski definition) is 1. The number of carbonyl (C=O) groups is 2. The molecule has 1 N–H and O–H groups in total. The van der Waals surface area contributed by atoms with Crippen molar-refractivity contribution in [1.29, 1.82) is 0 Å². The molecule has 0 aliphatic heterocycles. The number of carbonyl (C=O) groups excluding carboxylic acids is 2. The van der Waals surface area contributed by atoms with Crippen LogP contribution < -0.4 is 14.4 Å². The van der Waals surface area contributed by atoms with Crippen molar-refractivity contribution in [1.82, 2.24) is 10.2 Å². The molecule has 1 aliphatic rings. The first-order valence-electron chi connectivity index (χ1n) is 13.9. The normalized spacial score (nSPS) is 14.6. The van der Waals surface area contributed by atoms with E-state index in [0.29, 0.717) is 11.3 Å². The molecule has 1 fully saturated rings. The number of anilines is 1. The molecular weight excluding hydrogens is 581 g/mol. The fourth-order valence-electron chi connectivity index (χ4n) is 5.01. The maximum atomic E-state index is 14.1. The van der Waals surface area contributed by atoms with Crippen LogP contribution in [-0.4, -0.2) is 50.9 Å². The van der Waals surface area contributed by atoms with Crippen molar-refractivity contribution in [3.05, 3.63) is 89.2 Å². The molecule has 0 heterocycles. The lowest BCUT2D eigenvalue weighted by atomic mass is 9.95. The van der Waals surface area contributed by atoms with Crippen molar-refractivity contribution in [2.75, 3.05) is 18.0 Å². The quantitative estimate of drug-likeness (QED) is 0.305. The molecule has 1 aliphatic carbocycles. The third-order valence-corrected chi connectivity index (χ3v) is 9.48. The predicted molar refractivity (Wildman–Crippen MR) is 160 cm³/mol. The molecule has 224 valence electrons. The number of methoxy groups -OCH3 is 1. The summed E-state index contributed by atoms with van der Waals surface area (Å²) in [4.78, 5) is 28.8. The Balaban J connectivity index is 1.69. The van der Waals surface area contributed by atoms with Gasteiger partial charge in [-0.25, -0.2) is 12.8 Å². The van der Waals surface area contributed by atoms with Crippen LogP contribution in [0.3, 0.4) is 0 Å². The van der Waals surface area contributed by atoms with Crippen LogP contribution in [0.25, 0.3) is 0 Å². The number of halogens is 2. The molecule has 1 saturated carbocycles. The highest BCUT2D eigenvalue weighted by Gasteiger charge is 2.33. The number of amides is 2. The molecule has 11 heteroatoms. The predicted octanol–water partition coefficient (Wildman–Crippen LogP) is 5.55. The molecule has 4 rings (SSSR count). The lowest BCUT2D eigenvalue weighted by Crippen LogP contribution is -2.53. The van der Waals surface area contributed by atoms with Gasteiger partial charge in [-0.1, -0.05) is 61.2 Å². The van der Waals surface area contributed by atoms with Crippen LogP contribution in [-0.2, 0) is 26.2 Å². The van der Waals surface area contributed by atoms with Gasteiger partial charge in [-0.2, -0.15) is 0 Å². The van der Waals surface area contributed by atoms with Gasteiger partial charge in [-0.15, -0.1) is 0 Å². The first kappa shape index (κ1) is 31.3. The van der Waals surface area contributed by atoms with E-state index in [0.717, 1.165) is 48.5 Å². The number of benzene rings is 3. The van der Waals surface area contributed by atoms with Crippen LogP contribution in [0.5, 0.6) is 5.75 Å². The topological polar surface area (TPSA) is 96.0 Å². The standard InChI is InChI=1S/C31H35ClFN3O5S/c1-22(31(38)34-24-11-5-3-6-12-24)35(20-23-10-9-13-26(18-23)41-2)30(37)21-36(25-16-17-29(33)28(32)19-25)42(39,40)27-14-7-4-8-15-27/h4,7-10,13-19,22,24H,3,5-6,11-12,20-21H2,1-2H3,(H,34,38)/t22-/m1/s1. The van der Waals surface area contributed by atoms with Crippen molar-refractivity contribution in [2.45, 2.75) is 62.6 Å². The summed E-state index contributed by atoms with van der Waals surface area (Å²) in [5.41, 5.74) is 0.710. The van der Waals surface area contributed by atoms with E-state index in [-0.39, 0.29) is 34.1 Å². The monoisotopic (exact) mass is 615 g/mol. The number of rotatable bonds is 11. The highest BCUT2D eigenvalue weighted by molar-refractivity contribution is 7.92. The molecule has 0 spiro atoms. The van der Waals surface area contributed by atoms with Gasteiger partial charge in [0.25, 0.3) is 10.0 Å². The Bertz CT molecular complexity index is 1500. The van der Waals surface area contributed by atoms with Crippen molar-refractivity contribution in [3.63, 3.8) is 0 Å². The van der Waals surface area contributed by atoms with E-state index in [1.54, 1.807) is 49.4 Å². The zero-order valence-corrected chi connectivity index (χ0v) is 25.2. The number of sulfonamides is 1. The summed E-state index contributed by atoms with van der Waals surface area (Å²) in [6, 6.07) is 17.3. The van der Waals surface area contributed by atoms with Crippen molar-refractivity contribution in [2.24, 2.45) is 0 Å². The van der Waals surface area contributed by atoms with Gasteiger partial charge in [0.05, 0.1) is 22.7 Å². The van der Waals surface area contributed by atoms with Crippen LogP contribution in [0.1, 0.15) is 44.6 Å². The molecule has 0 bridgehead atoms. The van der Waals surface area contributed by atoms with E-state index in [9.17, 15) is 22.4 Å². The van der Waals surface area contributed by atoms with Crippen molar-refractivity contribution >= 4 is 39.1 Å². The second kappa shape index (κ2) is 14.0. The van der Waals surface area contributed by atoms with E-state index in [1.165, 1.54) is 30.2 Å². The molecule has 3 aromatic rings. The minimum Gasteiger partial charge on any atom is -0.497 e. The zero-order chi connectivity index (χ0) is 30.3. The SMILES string of the molecule is COc1cccc(CN(C(=O)CN(c2ccc(F)c(Cl)c2)S(=O)(=O)c2ccccc2)[C@H](C)C(=O)NC2CCCCC2)c1. The average molecular weight is 616 g/mol. The van der Waals surface area contributed by atoms with Gasteiger partial charge < -0.3 is 15.0 Å². The molecule has 0 saturated heterocycles. The van der Waals surface area contributed by atoms with Gasteiger partial charge in [0, 0.05) is 12.6 Å². The highest BCUT2D eigenvalue weighted by Crippen LogP contribution is 2.28. The summed E-state index contributed by atoms with van der Waals surface area (Å²) >= 11 is 6.02. The largest absolute Gasteiger partial charge is 0.497 e. The Hall–Kier alpha value is -3.63. The molecule has 8 nitrogen and oxygen atoms in total. The van der Waals surface area contributed by atoms with Gasteiger partial charge in [-0.05, 0) is 67.8 Å². The van der Waals surface area contributed by atoms with Gasteiger partial charge in [-0.3, -0.25) is 13.9 Å². The zero-order valence-electron chi connectivity index (χ0n) is 23.6. The van der Waals surface area contributed by atoms with Crippen LogP contribution >= 0.6 is 11.6 Å². The van der Waals surface area contributed by atoms with E-state index < -0.39 is 34.3 Å². The fraction of sp³-hybridized carbons (Fsp3) is 0.355. The second-order valence-corrected chi connectivity index (χ2v) is 12.6. The Morgan fingerprint density at radius 1 is 1.02 bits per heavy atom. The second-order valence-electron chi connectivity index (χ2n) is 10.3. The van der Waals surface area contributed by atoms with Gasteiger partial charge in [0.15, 0.2) is 0 Å². The number of nitrogens with zero attached hydrogens (tertiary/aromatic N) is 2. The summed E-state index contributed by atoms with van der Waals surface area (Å²) < 4.78 is 47.9. The lowest BCUT2D eigenvalue weighted by molar-refractivity contribution is -0.139. The Morgan fingerprint density at radius 3 is 2.40 bits per heavy atom. The third kappa shape index (κ3) is 7.60. The minimum atomic E-state index is -4.28. The molecule has 0 radical (unpaired) electrons. The van der Waals surface area contributed by atoms with E-state index in [4.69, 9.17) is 16.3 Å². The van der Waals surface area contributed by atoms with Crippen LogP contribution in [0.4, 0.5) is 10.1 Å². The minimum absolute atomic E-state index is 0.0132. The van der Waals surface area contributed by atoms with Gasteiger partial charge in [0.2, 0.25) is 11.8 Å². The summed E-state index contributed by atoms with van der Waals surface area (Å²) in [6.07, 6.45) is 4.92. The van der Waals surface area contributed by atoms with Gasteiger partial charge >= 0.3 is 0 Å². The summed E-state index contributed by atoms with van der Waals surface area (Å²) in [5, 5.41) is 2.78.